The van der Waals surface area contributed by atoms with Gasteiger partial charge in [-0.1, -0.05) is 0 Å². The first-order valence-electron chi connectivity index (χ1n) is 4.48. The number of H-pyrrole nitrogens is 1. The van der Waals surface area contributed by atoms with E-state index < -0.39 is 21.7 Å². The van der Waals surface area contributed by atoms with Crippen molar-refractivity contribution in [2.45, 2.75) is 13.8 Å². The molecule has 8 nitrogen and oxygen atoms in total. The average molecular weight is 248 g/mol. The molecule has 0 aromatic carbocycles. The number of nitrogens with zero attached hydrogens (tertiary/aromatic N) is 2. The molecule has 0 aliphatic rings. The van der Waals surface area contributed by atoms with Crippen LogP contribution in [-0.4, -0.2) is 41.9 Å². The fraction of sp³-hybridized carbons (Fsp3) is 0.571. The number of carbonyl (C=O) groups excluding carboxylic acids is 1. The number of aromatic nitrogens is 3. The fourth-order valence-corrected chi connectivity index (χ4v) is 1.76. The van der Waals surface area contributed by atoms with Crippen molar-refractivity contribution in [2.24, 2.45) is 0 Å². The van der Waals surface area contributed by atoms with Crippen LogP contribution in [0.1, 0.15) is 12.7 Å². The molecular weight excluding hydrogens is 236 g/mol. The molecule has 1 aromatic heterocycles. The van der Waals surface area contributed by atoms with Gasteiger partial charge in [0.05, 0.1) is 6.61 Å². The Hall–Kier alpha value is -1.64. The first-order valence-corrected chi connectivity index (χ1v) is 6.13. The molecule has 16 heavy (non-hydrogen) atoms. The highest BCUT2D eigenvalue weighted by Crippen LogP contribution is 2.01. The smallest absolute Gasteiger partial charge is 0.323 e. The first-order chi connectivity index (χ1) is 7.43. The highest BCUT2D eigenvalue weighted by molar-refractivity contribution is 7.93. The van der Waals surface area contributed by atoms with Gasteiger partial charge in [-0.25, -0.2) is 13.1 Å². The predicted molar refractivity (Wildman–Crippen MR) is 55.2 cm³/mol. The number of hydrogen-bond donors (Lipinski definition) is 2. The standard InChI is InChI=1S/C7H12N4O4S/c1-3-15-6(12)4-16(13,14)11-7-8-5(2)9-10-7/h3-4H2,1-2H3,(H2,8,9,10,11). The number of rotatable bonds is 5. The van der Waals surface area contributed by atoms with Crippen LogP contribution in [0.2, 0.25) is 0 Å². The fourth-order valence-electron chi connectivity index (χ4n) is 0.921. The van der Waals surface area contributed by atoms with Crippen molar-refractivity contribution in [2.75, 3.05) is 17.1 Å². The summed E-state index contributed by atoms with van der Waals surface area (Å²) < 4.78 is 29.3. The van der Waals surface area contributed by atoms with Gasteiger partial charge in [0.25, 0.3) is 5.95 Å². The highest BCUT2D eigenvalue weighted by atomic mass is 32.2. The van der Waals surface area contributed by atoms with E-state index in [1.54, 1.807) is 13.8 Å². The van der Waals surface area contributed by atoms with Crippen molar-refractivity contribution >= 4 is 21.9 Å². The maximum Gasteiger partial charge on any atom is 0.323 e. The summed E-state index contributed by atoms with van der Waals surface area (Å²) in [5.41, 5.74) is 0. The van der Waals surface area contributed by atoms with Gasteiger partial charge in [0.2, 0.25) is 10.0 Å². The maximum atomic E-state index is 11.4. The Morgan fingerprint density at radius 1 is 1.56 bits per heavy atom. The van der Waals surface area contributed by atoms with Crippen LogP contribution in [0.5, 0.6) is 0 Å². The van der Waals surface area contributed by atoms with Gasteiger partial charge in [-0.05, 0) is 13.8 Å². The monoisotopic (exact) mass is 248 g/mol. The summed E-state index contributed by atoms with van der Waals surface area (Å²) in [5.74, 6) is -1.20. The van der Waals surface area contributed by atoms with Gasteiger partial charge < -0.3 is 4.74 Å². The van der Waals surface area contributed by atoms with Crippen LogP contribution in [0, 0.1) is 6.92 Å². The molecule has 0 atom stereocenters. The second-order valence-corrected chi connectivity index (χ2v) is 4.63. The first kappa shape index (κ1) is 12.4. The third-order valence-corrected chi connectivity index (χ3v) is 2.57. The number of esters is 1. The molecule has 1 aromatic rings. The minimum atomic E-state index is -3.81. The van der Waals surface area contributed by atoms with Gasteiger partial charge in [-0.15, -0.1) is 5.10 Å². The van der Waals surface area contributed by atoms with E-state index in [1.807, 2.05) is 4.72 Å². The minimum Gasteiger partial charge on any atom is -0.465 e. The summed E-state index contributed by atoms with van der Waals surface area (Å²) in [6.07, 6.45) is 0. The molecule has 9 heteroatoms. The molecule has 0 amide bonds. The molecule has 0 saturated heterocycles. The maximum absolute atomic E-state index is 11.4. The van der Waals surface area contributed by atoms with Crippen molar-refractivity contribution in [3.8, 4) is 0 Å². The van der Waals surface area contributed by atoms with Crippen LogP contribution in [0.4, 0.5) is 5.95 Å². The summed E-state index contributed by atoms with van der Waals surface area (Å²) in [4.78, 5) is 14.7. The zero-order valence-electron chi connectivity index (χ0n) is 8.85. The topological polar surface area (TPSA) is 114 Å². The van der Waals surface area contributed by atoms with E-state index in [-0.39, 0.29) is 12.6 Å². The second-order valence-electron chi connectivity index (χ2n) is 2.91. The summed E-state index contributed by atoms with van der Waals surface area (Å²) in [5, 5.41) is 6.04. The Morgan fingerprint density at radius 2 is 2.25 bits per heavy atom. The molecule has 1 rings (SSSR count). The van der Waals surface area contributed by atoms with Crippen LogP contribution in [0.25, 0.3) is 0 Å². The Balaban J connectivity index is 2.62. The second kappa shape index (κ2) is 4.92. The lowest BCUT2D eigenvalue weighted by Crippen LogP contribution is -2.24. The average Bonchev–Trinajstić information content (AvgIpc) is 2.49. The van der Waals surface area contributed by atoms with E-state index in [4.69, 9.17) is 0 Å². The third kappa shape index (κ3) is 3.85. The minimum absolute atomic E-state index is 0.0956. The molecule has 0 aliphatic heterocycles. The molecule has 1 heterocycles. The number of carbonyl (C=O) groups is 1. The van der Waals surface area contributed by atoms with Crippen LogP contribution < -0.4 is 4.72 Å². The van der Waals surface area contributed by atoms with Crippen molar-refractivity contribution in [3.63, 3.8) is 0 Å². The number of aryl methyl sites for hydroxylation is 1. The lowest BCUT2D eigenvalue weighted by atomic mass is 10.8. The normalized spacial score (nSPS) is 11.1. The van der Waals surface area contributed by atoms with Crippen molar-refractivity contribution in [3.05, 3.63) is 5.82 Å². The van der Waals surface area contributed by atoms with Crippen molar-refractivity contribution < 1.29 is 17.9 Å². The summed E-state index contributed by atoms with van der Waals surface area (Å²) >= 11 is 0. The van der Waals surface area contributed by atoms with E-state index in [9.17, 15) is 13.2 Å². The van der Waals surface area contributed by atoms with E-state index in [1.165, 1.54) is 0 Å². The van der Waals surface area contributed by atoms with E-state index in [0.29, 0.717) is 5.82 Å². The van der Waals surface area contributed by atoms with Gasteiger partial charge in [-0.3, -0.25) is 9.89 Å². The molecule has 90 valence electrons. The molecule has 0 bridgehead atoms. The Morgan fingerprint density at radius 3 is 2.75 bits per heavy atom. The van der Waals surface area contributed by atoms with Gasteiger partial charge in [0.15, 0.2) is 5.75 Å². The number of ether oxygens (including phenoxy) is 1. The largest absolute Gasteiger partial charge is 0.465 e. The Bertz CT molecular complexity index is 466. The number of anilines is 1. The van der Waals surface area contributed by atoms with E-state index >= 15 is 0 Å². The van der Waals surface area contributed by atoms with Gasteiger partial charge in [-0.2, -0.15) is 4.98 Å². The van der Waals surface area contributed by atoms with E-state index in [2.05, 4.69) is 19.9 Å². The SMILES string of the molecule is CCOC(=O)CS(=O)(=O)Nc1n[nH]c(C)n1. The van der Waals surface area contributed by atoms with Gasteiger partial charge in [0, 0.05) is 0 Å². The Labute approximate surface area is 92.5 Å². The molecule has 0 spiro atoms. The van der Waals surface area contributed by atoms with E-state index in [0.717, 1.165) is 0 Å². The van der Waals surface area contributed by atoms with Crippen LogP contribution >= 0.6 is 0 Å². The third-order valence-electron chi connectivity index (χ3n) is 1.46. The summed E-state index contributed by atoms with van der Waals surface area (Å²) in [6, 6.07) is 0. The number of aromatic amines is 1. The van der Waals surface area contributed by atoms with Gasteiger partial charge >= 0.3 is 5.97 Å². The molecule has 0 fully saturated rings. The lowest BCUT2D eigenvalue weighted by molar-refractivity contribution is -0.139. The lowest BCUT2D eigenvalue weighted by Gasteiger charge is -2.03. The molecule has 0 radical (unpaired) electrons. The van der Waals surface area contributed by atoms with Crippen LogP contribution in [0.15, 0.2) is 0 Å². The quantitative estimate of drug-likeness (QED) is 0.674. The van der Waals surface area contributed by atoms with Crippen molar-refractivity contribution in [1.82, 2.24) is 15.2 Å². The molecule has 0 saturated carbocycles. The Kier molecular flexibility index (Phi) is 3.82. The molecule has 0 aliphatic carbocycles. The number of sulfonamides is 1. The highest BCUT2D eigenvalue weighted by Gasteiger charge is 2.18. The van der Waals surface area contributed by atoms with Crippen LogP contribution in [0.3, 0.4) is 0 Å². The van der Waals surface area contributed by atoms with Gasteiger partial charge in [0.1, 0.15) is 5.82 Å². The molecule has 0 unspecified atom stereocenters. The summed E-state index contributed by atoms with van der Waals surface area (Å²) in [7, 11) is -3.81. The molecule has 2 N–H and O–H groups in total. The zero-order valence-corrected chi connectivity index (χ0v) is 9.67. The number of hydrogen-bond acceptors (Lipinski definition) is 6. The summed E-state index contributed by atoms with van der Waals surface area (Å²) in [6.45, 7) is 3.35. The van der Waals surface area contributed by atoms with Crippen LogP contribution in [-0.2, 0) is 19.6 Å². The zero-order chi connectivity index (χ0) is 12.2. The number of nitrogens with one attached hydrogen (secondary N) is 2. The predicted octanol–water partition coefficient (Wildman–Crippen LogP) is -0.582. The van der Waals surface area contributed by atoms with Crippen molar-refractivity contribution in [1.29, 1.82) is 0 Å². The molecular formula is C7H12N4O4S.